The highest BCUT2D eigenvalue weighted by atomic mass is 19.4. The van der Waals surface area contributed by atoms with Gasteiger partial charge in [-0.1, -0.05) is 42.5 Å². The number of piperidine rings is 1. The first-order valence-corrected chi connectivity index (χ1v) is 11.1. The molecule has 8 heteroatoms. The molecule has 0 radical (unpaired) electrons. The molecule has 2 aromatic rings. The van der Waals surface area contributed by atoms with Gasteiger partial charge in [0.15, 0.2) is 0 Å². The number of hydrogen-bond donors (Lipinski definition) is 0. The first-order valence-electron chi connectivity index (χ1n) is 11.1. The largest absolute Gasteiger partial charge is 0.494 e. The first-order chi connectivity index (χ1) is 15.8. The van der Waals surface area contributed by atoms with E-state index in [1.54, 1.807) is 0 Å². The van der Waals surface area contributed by atoms with Crippen LogP contribution < -0.4 is 4.74 Å². The number of esters is 2. The van der Waals surface area contributed by atoms with Crippen LogP contribution in [0.3, 0.4) is 0 Å². The third-order valence-electron chi connectivity index (χ3n) is 5.73. The number of benzene rings is 2. The predicted octanol–water partition coefficient (Wildman–Crippen LogP) is 4.90. The average Bonchev–Trinajstić information content (AvgIpc) is 2.81. The highest BCUT2D eigenvalue weighted by Crippen LogP contribution is 2.29. The van der Waals surface area contributed by atoms with E-state index in [4.69, 9.17) is 4.74 Å². The van der Waals surface area contributed by atoms with Crippen LogP contribution in [0.15, 0.2) is 54.6 Å². The lowest BCUT2D eigenvalue weighted by molar-refractivity contribution is -0.201. The fourth-order valence-electron chi connectivity index (χ4n) is 3.90. The summed E-state index contributed by atoms with van der Waals surface area (Å²) in [7, 11) is 0. The smallest absolute Gasteiger partial charge is 0.491 e. The van der Waals surface area contributed by atoms with E-state index < -0.39 is 18.1 Å². The Balaban J connectivity index is 1.34. The van der Waals surface area contributed by atoms with E-state index >= 15 is 0 Å². The van der Waals surface area contributed by atoms with Gasteiger partial charge in [0.1, 0.15) is 5.75 Å². The Labute approximate surface area is 191 Å². The fourth-order valence-corrected chi connectivity index (χ4v) is 3.90. The number of ether oxygens (including phenoxy) is 2. The van der Waals surface area contributed by atoms with Crippen molar-refractivity contribution in [3.8, 4) is 5.75 Å². The van der Waals surface area contributed by atoms with Crippen molar-refractivity contribution in [1.82, 2.24) is 4.90 Å². The molecule has 0 amide bonds. The Morgan fingerprint density at radius 2 is 1.64 bits per heavy atom. The van der Waals surface area contributed by atoms with E-state index in [0.717, 1.165) is 44.5 Å². The standard InChI is InChI=1S/C25H28F3NO4/c26-25(27,28)24(31)33-23(30)14-17-29-15-12-21(13-16-29)20-8-10-22(11-9-20)32-18-4-7-19-5-2-1-3-6-19/h1-3,5-6,8-11,21H,4,7,12-18H2. The van der Waals surface area contributed by atoms with Crippen molar-refractivity contribution >= 4 is 11.9 Å². The number of nitrogens with zero attached hydrogens (tertiary/aromatic N) is 1. The molecule has 0 saturated carbocycles. The number of hydrogen-bond acceptors (Lipinski definition) is 5. The molecule has 5 nitrogen and oxygen atoms in total. The van der Waals surface area contributed by atoms with Crippen LogP contribution in [0.25, 0.3) is 0 Å². The van der Waals surface area contributed by atoms with Crippen molar-refractivity contribution in [2.75, 3.05) is 26.2 Å². The van der Waals surface area contributed by atoms with Crippen molar-refractivity contribution in [1.29, 1.82) is 0 Å². The molecule has 0 unspecified atom stereocenters. The summed E-state index contributed by atoms with van der Waals surface area (Å²) in [6.45, 7) is 2.38. The summed E-state index contributed by atoms with van der Waals surface area (Å²) >= 11 is 0. The maximum atomic E-state index is 12.1. The normalized spacial score (nSPS) is 15.2. The molecule has 3 rings (SSSR count). The van der Waals surface area contributed by atoms with Crippen LogP contribution in [0.1, 0.15) is 42.7 Å². The molecule has 0 aromatic heterocycles. The van der Waals surface area contributed by atoms with Gasteiger partial charge in [0.2, 0.25) is 0 Å². The van der Waals surface area contributed by atoms with Crippen LogP contribution in [0.5, 0.6) is 5.75 Å². The Kier molecular flexibility index (Phi) is 8.88. The van der Waals surface area contributed by atoms with Crippen LogP contribution in [0, 0.1) is 0 Å². The minimum Gasteiger partial charge on any atom is -0.494 e. The molecule has 0 atom stereocenters. The van der Waals surface area contributed by atoms with Gasteiger partial charge in [0, 0.05) is 6.54 Å². The predicted molar refractivity (Wildman–Crippen MR) is 117 cm³/mol. The zero-order valence-electron chi connectivity index (χ0n) is 18.4. The molecule has 1 heterocycles. The van der Waals surface area contributed by atoms with Gasteiger partial charge in [-0.15, -0.1) is 0 Å². The summed E-state index contributed by atoms with van der Waals surface area (Å²) in [5.41, 5.74) is 2.52. The van der Waals surface area contributed by atoms with E-state index in [9.17, 15) is 22.8 Å². The van der Waals surface area contributed by atoms with Gasteiger partial charge < -0.3 is 14.4 Å². The van der Waals surface area contributed by atoms with Crippen molar-refractivity contribution in [3.05, 3.63) is 65.7 Å². The number of likely N-dealkylation sites (tertiary alicyclic amines) is 1. The van der Waals surface area contributed by atoms with Gasteiger partial charge in [0.25, 0.3) is 0 Å². The van der Waals surface area contributed by atoms with E-state index in [1.165, 1.54) is 11.1 Å². The minimum absolute atomic E-state index is 0.247. The molecule has 1 fully saturated rings. The molecule has 33 heavy (non-hydrogen) atoms. The van der Waals surface area contributed by atoms with Gasteiger partial charge in [-0.3, -0.25) is 4.79 Å². The van der Waals surface area contributed by atoms with Crippen molar-refractivity contribution in [3.63, 3.8) is 0 Å². The number of carbonyl (C=O) groups excluding carboxylic acids is 2. The molecule has 1 aliphatic rings. The first kappa shape index (κ1) is 24.8. The molecule has 2 aromatic carbocycles. The molecule has 1 saturated heterocycles. The number of alkyl halides is 3. The van der Waals surface area contributed by atoms with E-state index in [1.807, 2.05) is 35.2 Å². The highest BCUT2D eigenvalue weighted by Gasteiger charge is 2.42. The van der Waals surface area contributed by atoms with Crippen LogP contribution in [-0.2, 0) is 20.7 Å². The van der Waals surface area contributed by atoms with Gasteiger partial charge in [-0.05, 0) is 68.0 Å². The second-order valence-corrected chi connectivity index (χ2v) is 8.13. The topological polar surface area (TPSA) is 55.8 Å². The Morgan fingerprint density at radius 3 is 2.27 bits per heavy atom. The zero-order chi connectivity index (χ0) is 23.7. The van der Waals surface area contributed by atoms with Crippen LogP contribution in [-0.4, -0.2) is 49.3 Å². The number of carbonyl (C=O) groups is 2. The summed E-state index contributed by atoms with van der Waals surface area (Å²) in [5.74, 6) is -2.39. The monoisotopic (exact) mass is 463 g/mol. The van der Waals surface area contributed by atoms with Crippen LogP contribution in [0.2, 0.25) is 0 Å². The zero-order valence-corrected chi connectivity index (χ0v) is 18.4. The Bertz CT molecular complexity index is 892. The third-order valence-corrected chi connectivity index (χ3v) is 5.73. The van der Waals surface area contributed by atoms with Gasteiger partial charge in [0.05, 0.1) is 13.0 Å². The lowest BCUT2D eigenvalue weighted by atomic mass is 9.89. The maximum absolute atomic E-state index is 12.1. The number of aryl methyl sites for hydroxylation is 1. The molecular weight excluding hydrogens is 435 g/mol. The van der Waals surface area contributed by atoms with Gasteiger partial charge in [-0.25, -0.2) is 4.79 Å². The Morgan fingerprint density at radius 1 is 0.970 bits per heavy atom. The summed E-state index contributed by atoms with van der Waals surface area (Å²) in [5, 5.41) is 0. The quantitative estimate of drug-likeness (QED) is 0.301. The maximum Gasteiger partial charge on any atom is 0.491 e. The van der Waals surface area contributed by atoms with E-state index in [0.29, 0.717) is 12.5 Å². The molecule has 0 aliphatic carbocycles. The van der Waals surface area contributed by atoms with E-state index in [2.05, 4.69) is 29.0 Å². The molecule has 0 N–H and O–H groups in total. The second kappa shape index (κ2) is 11.8. The summed E-state index contributed by atoms with van der Waals surface area (Å²) < 4.78 is 46.1. The van der Waals surface area contributed by atoms with Crippen LogP contribution in [0.4, 0.5) is 13.2 Å². The molecular formula is C25H28F3NO4. The number of halogens is 3. The SMILES string of the molecule is O=C(CCN1CCC(c2ccc(OCCCc3ccccc3)cc2)CC1)OC(=O)C(F)(F)F. The molecule has 0 bridgehead atoms. The third kappa shape index (κ3) is 8.20. The van der Waals surface area contributed by atoms with Gasteiger partial charge >= 0.3 is 18.1 Å². The van der Waals surface area contributed by atoms with Gasteiger partial charge in [-0.2, -0.15) is 13.2 Å². The molecule has 1 aliphatic heterocycles. The van der Waals surface area contributed by atoms with Crippen molar-refractivity contribution in [2.24, 2.45) is 0 Å². The van der Waals surface area contributed by atoms with Crippen molar-refractivity contribution in [2.45, 2.75) is 44.2 Å². The Hall–Kier alpha value is -2.87. The summed E-state index contributed by atoms with van der Waals surface area (Å²) in [6, 6.07) is 18.4. The summed E-state index contributed by atoms with van der Waals surface area (Å²) in [6.07, 6.45) is -1.71. The van der Waals surface area contributed by atoms with Crippen molar-refractivity contribution < 1.29 is 32.2 Å². The number of rotatable bonds is 9. The average molecular weight is 463 g/mol. The minimum atomic E-state index is -5.16. The van der Waals surface area contributed by atoms with Crippen LogP contribution >= 0.6 is 0 Å². The molecule has 0 spiro atoms. The lowest BCUT2D eigenvalue weighted by Crippen LogP contribution is -2.35. The fraction of sp³-hybridized carbons (Fsp3) is 0.440. The highest BCUT2D eigenvalue weighted by molar-refractivity contribution is 5.88. The second-order valence-electron chi connectivity index (χ2n) is 8.13. The summed E-state index contributed by atoms with van der Waals surface area (Å²) in [4.78, 5) is 24.1. The molecule has 178 valence electrons. The lowest BCUT2D eigenvalue weighted by Gasteiger charge is -2.32. The van der Waals surface area contributed by atoms with E-state index in [-0.39, 0.29) is 13.0 Å².